The maximum absolute atomic E-state index is 10.6. The fourth-order valence-corrected chi connectivity index (χ4v) is 2.38. The highest BCUT2D eigenvalue weighted by atomic mass is 32.2. The summed E-state index contributed by atoms with van der Waals surface area (Å²) in [7, 11) is 0. The van der Waals surface area contributed by atoms with E-state index in [0.29, 0.717) is 11.7 Å². The first-order chi connectivity index (χ1) is 9.20. The van der Waals surface area contributed by atoms with Crippen LogP contribution in [0.3, 0.4) is 0 Å². The molecule has 0 unspecified atom stereocenters. The second-order valence-electron chi connectivity index (χ2n) is 3.87. The first kappa shape index (κ1) is 13.5. The summed E-state index contributed by atoms with van der Waals surface area (Å²) in [5, 5.41) is 17.3. The molecule has 0 aromatic carbocycles. The first-order valence-corrected chi connectivity index (χ1v) is 6.84. The van der Waals surface area contributed by atoms with Gasteiger partial charge >= 0.3 is 5.97 Å². The van der Waals surface area contributed by atoms with Crippen LogP contribution in [-0.4, -0.2) is 36.6 Å². The third kappa shape index (κ3) is 3.54. The van der Waals surface area contributed by atoms with Gasteiger partial charge in [-0.3, -0.25) is 4.79 Å². The van der Waals surface area contributed by atoms with E-state index in [-0.39, 0.29) is 5.75 Å². The SMILES string of the molecule is CCc1cnc(SCC(=O)O)n1Cc1cccnn1. The predicted octanol–water partition coefficient (Wildman–Crippen LogP) is 1.46. The van der Waals surface area contributed by atoms with Gasteiger partial charge in [0.1, 0.15) is 0 Å². The van der Waals surface area contributed by atoms with Crippen LogP contribution >= 0.6 is 11.8 Å². The van der Waals surface area contributed by atoms with Crippen molar-refractivity contribution in [1.29, 1.82) is 0 Å². The van der Waals surface area contributed by atoms with Crippen molar-refractivity contribution in [3.63, 3.8) is 0 Å². The van der Waals surface area contributed by atoms with Crippen LogP contribution in [0.4, 0.5) is 0 Å². The van der Waals surface area contributed by atoms with Crippen molar-refractivity contribution in [2.45, 2.75) is 25.0 Å². The van der Waals surface area contributed by atoms with Crippen molar-refractivity contribution in [2.75, 3.05) is 5.75 Å². The Morgan fingerprint density at radius 1 is 1.53 bits per heavy atom. The van der Waals surface area contributed by atoms with Crippen molar-refractivity contribution >= 4 is 17.7 Å². The smallest absolute Gasteiger partial charge is 0.313 e. The summed E-state index contributed by atoms with van der Waals surface area (Å²) >= 11 is 1.21. The summed E-state index contributed by atoms with van der Waals surface area (Å²) in [6.07, 6.45) is 4.24. The van der Waals surface area contributed by atoms with Gasteiger partial charge in [0.2, 0.25) is 0 Å². The zero-order valence-electron chi connectivity index (χ0n) is 10.5. The number of nitrogens with zero attached hydrogens (tertiary/aromatic N) is 4. The number of aromatic nitrogens is 4. The molecule has 0 amide bonds. The Morgan fingerprint density at radius 2 is 2.37 bits per heavy atom. The number of carboxylic acid groups (broad SMARTS) is 1. The maximum Gasteiger partial charge on any atom is 0.313 e. The normalized spacial score (nSPS) is 10.6. The van der Waals surface area contributed by atoms with E-state index in [1.807, 2.05) is 23.6 Å². The fourth-order valence-electron chi connectivity index (χ4n) is 1.66. The largest absolute Gasteiger partial charge is 0.481 e. The van der Waals surface area contributed by atoms with Crippen LogP contribution in [0.15, 0.2) is 29.7 Å². The Bertz CT molecular complexity index is 556. The summed E-state index contributed by atoms with van der Waals surface area (Å²) in [4.78, 5) is 14.9. The van der Waals surface area contributed by atoms with Gasteiger partial charge in [-0.15, -0.1) is 0 Å². The lowest BCUT2D eigenvalue weighted by atomic mass is 10.3. The number of imidazole rings is 1. The Balaban J connectivity index is 2.21. The minimum absolute atomic E-state index is 0.000631. The van der Waals surface area contributed by atoms with Crippen molar-refractivity contribution in [3.05, 3.63) is 35.9 Å². The lowest BCUT2D eigenvalue weighted by molar-refractivity contribution is -0.133. The standard InChI is InChI=1S/C12H14N4O2S/c1-2-10-6-13-12(19-8-11(17)18)16(10)7-9-4-3-5-14-15-9/h3-6H,2,7-8H2,1H3,(H,17,18). The van der Waals surface area contributed by atoms with Crippen LogP contribution in [0.25, 0.3) is 0 Å². The molecule has 0 fully saturated rings. The van der Waals surface area contributed by atoms with E-state index in [1.165, 1.54) is 11.8 Å². The van der Waals surface area contributed by atoms with Gasteiger partial charge in [0, 0.05) is 18.1 Å². The Hall–Kier alpha value is -1.89. The molecular weight excluding hydrogens is 264 g/mol. The molecule has 1 N–H and O–H groups in total. The second-order valence-corrected chi connectivity index (χ2v) is 4.81. The van der Waals surface area contributed by atoms with Crippen molar-refractivity contribution in [3.8, 4) is 0 Å². The Labute approximate surface area is 114 Å². The molecule has 2 aromatic rings. The molecule has 0 aliphatic heterocycles. The van der Waals surface area contributed by atoms with Crippen LogP contribution in [0.5, 0.6) is 0 Å². The molecule has 19 heavy (non-hydrogen) atoms. The molecule has 0 atom stereocenters. The second kappa shape index (κ2) is 6.33. The molecular formula is C12H14N4O2S. The number of rotatable bonds is 6. The lowest BCUT2D eigenvalue weighted by Crippen LogP contribution is -2.08. The van der Waals surface area contributed by atoms with Crippen molar-refractivity contribution < 1.29 is 9.90 Å². The number of carbonyl (C=O) groups is 1. The molecule has 0 aliphatic carbocycles. The fraction of sp³-hybridized carbons (Fsp3) is 0.333. The molecule has 2 aromatic heterocycles. The summed E-state index contributed by atoms with van der Waals surface area (Å²) in [5.74, 6) is -0.849. The highest BCUT2D eigenvalue weighted by molar-refractivity contribution is 7.99. The average Bonchev–Trinajstić information content (AvgIpc) is 2.80. The summed E-state index contributed by atoms with van der Waals surface area (Å²) in [5.41, 5.74) is 1.88. The molecule has 0 radical (unpaired) electrons. The van der Waals surface area contributed by atoms with Gasteiger partial charge in [0.05, 0.1) is 18.0 Å². The van der Waals surface area contributed by atoms with Gasteiger partial charge < -0.3 is 9.67 Å². The molecule has 2 rings (SSSR count). The monoisotopic (exact) mass is 278 g/mol. The Morgan fingerprint density at radius 3 is 3.00 bits per heavy atom. The summed E-state index contributed by atoms with van der Waals surface area (Å²) in [6, 6.07) is 3.72. The third-order valence-electron chi connectivity index (χ3n) is 2.54. The topological polar surface area (TPSA) is 80.9 Å². The highest BCUT2D eigenvalue weighted by Crippen LogP contribution is 2.19. The van der Waals surface area contributed by atoms with E-state index in [1.54, 1.807) is 12.4 Å². The van der Waals surface area contributed by atoms with Crippen LogP contribution in [0.1, 0.15) is 18.3 Å². The number of hydrogen-bond acceptors (Lipinski definition) is 5. The van der Waals surface area contributed by atoms with Crippen molar-refractivity contribution in [2.24, 2.45) is 0 Å². The summed E-state index contributed by atoms with van der Waals surface area (Å²) in [6.45, 7) is 2.59. The van der Waals surface area contributed by atoms with E-state index >= 15 is 0 Å². The van der Waals surface area contributed by atoms with Crippen LogP contribution in [0, 0.1) is 0 Å². The number of hydrogen-bond donors (Lipinski definition) is 1. The highest BCUT2D eigenvalue weighted by Gasteiger charge is 2.12. The molecule has 2 heterocycles. The number of carboxylic acids is 1. The van der Waals surface area contributed by atoms with E-state index in [4.69, 9.17) is 5.11 Å². The number of aryl methyl sites for hydroxylation is 1. The Kier molecular flexibility index (Phi) is 4.51. The maximum atomic E-state index is 10.6. The van der Waals surface area contributed by atoms with E-state index in [0.717, 1.165) is 17.8 Å². The minimum Gasteiger partial charge on any atom is -0.481 e. The van der Waals surface area contributed by atoms with Gasteiger partial charge in [0.15, 0.2) is 5.16 Å². The molecule has 0 aliphatic rings. The molecule has 0 saturated carbocycles. The van der Waals surface area contributed by atoms with Crippen LogP contribution < -0.4 is 0 Å². The molecule has 0 bridgehead atoms. The molecule has 7 heteroatoms. The van der Waals surface area contributed by atoms with Crippen LogP contribution in [0.2, 0.25) is 0 Å². The van der Waals surface area contributed by atoms with Gasteiger partial charge in [0.25, 0.3) is 0 Å². The van der Waals surface area contributed by atoms with Gasteiger partial charge in [-0.1, -0.05) is 18.7 Å². The summed E-state index contributed by atoms with van der Waals surface area (Å²) < 4.78 is 1.98. The molecule has 6 nitrogen and oxygen atoms in total. The zero-order valence-corrected chi connectivity index (χ0v) is 11.3. The van der Waals surface area contributed by atoms with E-state index in [9.17, 15) is 4.79 Å². The quantitative estimate of drug-likeness (QED) is 0.806. The van der Waals surface area contributed by atoms with Gasteiger partial charge in [-0.2, -0.15) is 10.2 Å². The molecule has 0 saturated heterocycles. The third-order valence-corrected chi connectivity index (χ3v) is 3.51. The number of thioether (sulfide) groups is 1. The van der Waals surface area contributed by atoms with Gasteiger partial charge in [-0.05, 0) is 18.6 Å². The van der Waals surface area contributed by atoms with Crippen molar-refractivity contribution in [1.82, 2.24) is 19.7 Å². The van der Waals surface area contributed by atoms with E-state index in [2.05, 4.69) is 15.2 Å². The molecule has 0 spiro atoms. The van der Waals surface area contributed by atoms with Gasteiger partial charge in [-0.25, -0.2) is 4.98 Å². The molecule has 100 valence electrons. The van der Waals surface area contributed by atoms with Crippen LogP contribution in [-0.2, 0) is 17.8 Å². The predicted molar refractivity (Wildman–Crippen MR) is 71.1 cm³/mol. The first-order valence-electron chi connectivity index (χ1n) is 5.86. The average molecular weight is 278 g/mol. The minimum atomic E-state index is -0.850. The van der Waals surface area contributed by atoms with E-state index < -0.39 is 5.97 Å². The lowest BCUT2D eigenvalue weighted by Gasteiger charge is -2.09. The zero-order chi connectivity index (χ0) is 13.7. The number of aliphatic carboxylic acids is 1.